The van der Waals surface area contributed by atoms with Crippen molar-refractivity contribution in [3.63, 3.8) is 0 Å². The fraction of sp³-hybridized carbons (Fsp3) is 0.606. The van der Waals surface area contributed by atoms with E-state index >= 15 is 0 Å². The molecule has 0 aliphatic carbocycles. The predicted octanol–water partition coefficient (Wildman–Crippen LogP) is 2.98. The van der Waals surface area contributed by atoms with Crippen LogP contribution in [0, 0.1) is 0 Å². The van der Waals surface area contributed by atoms with Crippen LogP contribution in [0.1, 0.15) is 50.5 Å². The number of rotatable bonds is 21. The van der Waals surface area contributed by atoms with Crippen LogP contribution in [0.15, 0.2) is 35.1 Å². The highest BCUT2D eigenvalue weighted by Crippen LogP contribution is 2.33. The lowest BCUT2D eigenvalue weighted by atomic mass is 10.0. The van der Waals surface area contributed by atoms with E-state index in [2.05, 4.69) is 50.2 Å². The van der Waals surface area contributed by atoms with Gasteiger partial charge in [-0.1, -0.05) is 6.42 Å². The van der Waals surface area contributed by atoms with Gasteiger partial charge in [-0.15, -0.1) is 28.6 Å². The first-order valence-corrected chi connectivity index (χ1v) is 20.2. The van der Waals surface area contributed by atoms with E-state index in [4.69, 9.17) is 14.5 Å². The van der Waals surface area contributed by atoms with Crippen LogP contribution in [0.5, 0.6) is 0 Å². The van der Waals surface area contributed by atoms with Crippen LogP contribution in [-0.2, 0) is 19.1 Å². The van der Waals surface area contributed by atoms with Crippen LogP contribution in [-0.4, -0.2) is 114 Å². The van der Waals surface area contributed by atoms with E-state index in [-0.39, 0.29) is 36.3 Å². The number of carbonyl (C=O) groups excluding carboxylic acids is 3. The van der Waals surface area contributed by atoms with Crippen molar-refractivity contribution >= 4 is 73.5 Å². The fourth-order valence-electron chi connectivity index (χ4n) is 6.03. The average molecular weight is 746 g/mol. The zero-order valence-corrected chi connectivity index (χ0v) is 30.8. The second kappa shape index (κ2) is 18.4. The number of hydrogen-bond acceptors (Lipinski definition) is 14. The first-order valence-electron chi connectivity index (χ1n) is 17.4. The number of fused-ring (bicyclic) bond motifs is 2. The molecule has 14 nitrogen and oxygen atoms in total. The van der Waals surface area contributed by atoms with Gasteiger partial charge in [-0.25, -0.2) is 9.78 Å². The maximum absolute atomic E-state index is 12.6. The molecule has 2 fully saturated rings. The number of nitrogens with one attached hydrogen (secondary N) is 6. The van der Waals surface area contributed by atoms with Crippen LogP contribution in [0.3, 0.4) is 0 Å². The molecule has 272 valence electrons. The number of hydrazine groups is 2. The Kier molecular flexibility index (Phi) is 13.5. The van der Waals surface area contributed by atoms with Crippen molar-refractivity contribution in [1.82, 2.24) is 36.9 Å². The Morgan fingerprint density at radius 3 is 2.82 bits per heavy atom. The SMILES string of the molecule is CC1CSC(c2nc3ccc(NCC(=O)CCC4=CN(CCOCCOCCNC(=O)CCCC[C@@H]5SCC6NC(=O)NC65)NN4)cc3s2)=N1. The number of nitrogens with zero attached hydrogens (tertiary/aromatic N) is 3. The molecule has 6 rings (SSSR count). The number of aromatic nitrogens is 1. The highest BCUT2D eigenvalue weighted by molar-refractivity contribution is 8.15. The first kappa shape index (κ1) is 36.7. The Hall–Kier alpha value is -3.09. The molecule has 4 aliphatic heterocycles. The fourth-order valence-corrected chi connectivity index (χ4v) is 9.67. The van der Waals surface area contributed by atoms with Gasteiger partial charge in [-0.3, -0.25) is 19.6 Å². The van der Waals surface area contributed by atoms with Crippen LogP contribution < -0.4 is 32.2 Å². The van der Waals surface area contributed by atoms with E-state index in [1.807, 2.05) is 35.1 Å². The number of thioether (sulfide) groups is 2. The van der Waals surface area contributed by atoms with Crippen LogP contribution in [0.25, 0.3) is 10.2 Å². The molecule has 0 bridgehead atoms. The zero-order chi connectivity index (χ0) is 34.7. The Bertz CT molecular complexity index is 1560. The monoisotopic (exact) mass is 745 g/mol. The molecule has 6 N–H and O–H groups in total. The summed E-state index contributed by atoms with van der Waals surface area (Å²) in [7, 11) is 0. The number of thiazole rings is 1. The molecule has 4 aliphatic rings. The van der Waals surface area contributed by atoms with Crippen molar-refractivity contribution in [2.75, 3.05) is 62.9 Å². The molecule has 3 unspecified atom stereocenters. The summed E-state index contributed by atoms with van der Waals surface area (Å²) in [6.07, 6.45) is 6.33. The summed E-state index contributed by atoms with van der Waals surface area (Å²) >= 11 is 5.30. The molecule has 4 atom stereocenters. The molecule has 50 heavy (non-hydrogen) atoms. The number of unbranched alkanes of at least 4 members (excludes halogenated alkanes) is 1. The third-order valence-corrected chi connectivity index (χ3v) is 12.6. The summed E-state index contributed by atoms with van der Waals surface area (Å²) < 4.78 is 12.3. The minimum absolute atomic E-state index is 0.0428. The van der Waals surface area contributed by atoms with Crippen LogP contribution >= 0.6 is 34.9 Å². The molecule has 2 aromatic rings. The van der Waals surface area contributed by atoms with Crippen molar-refractivity contribution in [3.05, 3.63) is 35.1 Å². The van der Waals surface area contributed by atoms with Gasteiger partial charge in [0.15, 0.2) is 5.78 Å². The highest BCUT2D eigenvalue weighted by Gasteiger charge is 2.42. The van der Waals surface area contributed by atoms with Crippen molar-refractivity contribution in [1.29, 1.82) is 0 Å². The van der Waals surface area contributed by atoms with Gasteiger partial charge in [0.2, 0.25) is 5.91 Å². The van der Waals surface area contributed by atoms with Gasteiger partial charge < -0.3 is 36.2 Å². The molecular formula is C33H47N9O5S3. The Balaban J connectivity index is 0.743. The van der Waals surface area contributed by atoms with Gasteiger partial charge in [0.05, 0.1) is 67.9 Å². The maximum atomic E-state index is 12.6. The van der Waals surface area contributed by atoms with Crippen LogP contribution in [0.4, 0.5) is 10.5 Å². The summed E-state index contributed by atoms with van der Waals surface area (Å²) in [5.41, 5.74) is 9.02. The van der Waals surface area contributed by atoms with E-state index in [0.717, 1.165) is 62.4 Å². The van der Waals surface area contributed by atoms with Crippen molar-refractivity contribution in [3.8, 4) is 0 Å². The number of anilines is 1. The number of amides is 3. The lowest BCUT2D eigenvalue weighted by Gasteiger charge is -2.16. The summed E-state index contributed by atoms with van der Waals surface area (Å²) in [6.45, 7) is 5.39. The predicted molar refractivity (Wildman–Crippen MR) is 200 cm³/mol. The average Bonchev–Trinajstić information content (AvgIpc) is 3.94. The topological polar surface area (TPSA) is 170 Å². The molecule has 0 saturated carbocycles. The number of Topliss-reactive ketones (excluding diaryl/α,β-unsaturated/α-hetero) is 1. The van der Waals surface area contributed by atoms with Gasteiger partial charge in [-0.2, -0.15) is 11.8 Å². The Morgan fingerprint density at radius 2 is 1.96 bits per heavy atom. The van der Waals surface area contributed by atoms with E-state index in [0.29, 0.717) is 70.1 Å². The number of hydrogen-bond donors (Lipinski definition) is 6. The molecule has 17 heteroatoms. The summed E-state index contributed by atoms with van der Waals surface area (Å²) in [5.74, 6) is 2.14. The minimum atomic E-state index is -0.0604. The molecule has 1 aromatic carbocycles. The number of benzene rings is 1. The van der Waals surface area contributed by atoms with Gasteiger partial charge in [0, 0.05) is 53.7 Å². The van der Waals surface area contributed by atoms with E-state index in [1.165, 1.54) is 0 Å². The molecule has 0 spiro atoms. The number of allylic oxidation sites excluding steroid dienone is 1. The second-order valence-corrected chi connectivity index (χ2v) is 16.0. The standard InChI is InChI=1S/C33H47N9O5S3/c1-21-19-49-31(36-21)32-37-25-9-7-22(16-28(25)50-32)35-17-24(43)8-6-23-18-42(41-40-23)11-13-47-15-14-46-12-10-34-29(44)5-3-2-4-27-30-26(20-48-27)38-33(45)39-30/h7,9,16,18,21,26-27,30,35,40-41H,2-6,8,10-15,17,19-20H2,1H3,(H,34,44)(H2,38,39,45)/t21?,26?,27-,30?/m0/s1. The molecular weight excluding hydrogens is 699 g/mol. The van der Waals surface area contributed by atoms with E-state index in [9.17, 15) is 14.4 Å². The number of aliphatic imine (C=N–C) groups is 1. The first-order chi connectivity index (χ1) is 24.4. The largest absolute Gasteiger partial charge is 0.378 e. The minimum Gasteiger partial charge on any atom is -0.378 e. The molecule has 1 aromatic heterocycles. The Morgan fingerprint density at radius 1 is 1.08 bits per heavy atom. The summed E-state index contributed by atoms with van der Waals surface area (Å²) in [6, 6.07) is 6.75. The third-order valence-electron chi connectivity index (χ3n) is 8.70. The number of ether oxygens (including phenoxy) is 2. The quantitative estimate of drug-likeness (QED) is 0.0818. The number of urea groups is 1. The van der Waals surface area contributed by atoms with Crippen molar-refractivity contribution in [2.45, 2.75) is 68.8 Å². The van der Waals surface area contributed by atoms with Gasteiger partial charge >= 0.3 is 6.03 Å². The van der Waals surface area contributed by atoms with Crippen molar-refractivity contribution in [2.24, 2.45) is 4.99 Å². The van der Waals surface area contributed by atoms with Gasteiger partial charge in [0.25, 0.3) is 0 Å². The normalized spacial score (nSPS) is 22.6. The van der Waals surface area contributed by atoms with Gasteiger partial charge in [-0.05, 0) is 44.4 Å². The van der Waals surface area contributed by atoms with E-state index < -0.39 is 0 Å². The van der Waals surface area contributed by atoms with Crippen molar-refractivity contribution < 1.29 is 23.9 Å². The third kappa shape index (κ3) is 10.7. The molecule has 3 amide bonds. The van der Waals surface area contributed by atoms with Crippen LogP contribution in [0.2, 0.25) is 0 Å². The molecule has 0 radical (unpaired) electrons. The summed E-state index contributed by atoms with van der Waals surface area (Å²) in [5, 5.41) is 16.5. The number of ketones is 1. The second-order valence-electron chi connectivity index (χ2n) is 12.7. The summed E-state index contributed by atoms with van der Waals surface area (Å²) in [4.78, 5) is 45.6. The highest BCUT2D eigenvalue weighted by atomic mass is 32.2. The zero-order valence-electron chi connectivity index (χ0n) is 28.3. The maximum Gasteiger partial charge on any atom is 0.315 e. The smallest absolute Gasteiger partial charge is 0.315 e. The molecule has 5 heterocycles. The van der Waals surface area contributed by atoms with Gasteiger partial charge in [0.1, 0.15) is 10.1 Å². The lowest BCUT2D eigenvalue weighted by Crippen LogP contribution is -2.38. The van der Waals surface area contributed by atoms with E-state index in [1.54, 1.807) is 23.1 Å². The number of carbonyl (C=O) groups is 3. The lowest BCUT2D eigenvalue weighted by molar-refractivity contribution is -0.121. The Labute approximate surface area is 305 Å². The molecule has 2 saturated heterocycles.